The summed E-state index contributed by atoms with van der Waals surface area (Å²) >= 11 is 0. The molecule has 0 bridgehead atoms. The highest BCUT2D eigenvalue weighted by molar-refractivity contribution is 6.00. The van der Waals surface area contributed by atoms with Gasteiger partial charge in [-0.3, -0.25) is 9.80 Å². The standard InChI is InChI=1S/C70H54N4/c1-69(2)61-43-49(33-37-57(61)59-39-35-53(45-63(59)69)73(67-23-9-11-41-71-67)65-21-13-17-51-15-5-7-19-55(51)65)31-29-47-25-27-48(28-26-47)30-32-50-34-38-58-60-40-36-54(46-64(60)70(3,4)62(58)44-50)74(68-24-10-12-42-72-68)66-22-14-18-52-16-6-8-20-56(52)66/h5-46H,1-4H3/b31-29+,32-30+. The van der Waals surface area contributed by atoms with Crippen molar-refractivity contribution in [3.63, 3.8) is 0 Å². The van der Waals surface area contributed by atoms with Crippen LogP contribution >= 0.6 is 0 Å². The predicted molar refractivity (Wildman–Crippen MR) is 312 cm³/mol. The lowest BCUT2D eigenvalue weighted by atomic mass is 9.81. The van der Waals surface area contributed by atoms with Gasteiger partial charge in [-0.1, -0.05) is 210 Å². The fourth-order valence-electron chi connectivity index (χ4n) is 11.6. The minimum Gasteiger partial charge on any atom is -0.294 e. The molecule has 13 rings (SSSR count). The molecular weight excluding hydrogens is 897 g/mol. The van der Waals surface area contributed by atoms with Crippen LogP contribution in [0.2, 0.25) is 0 Å². The van der Waals surface area contributed by atoms with Crippen molar-refractivity contribution in [2.45, 2.75) is 38.5 Å². The van der Waals surface area contributed by atoms with Gasteiger partial charge in [-0.15, -0.1) is 0 Å². The van der Waals surface area contributed by atoms with Crippen molar-refractivity contribution in [2.24, 2.45) is 0 Å². The van der Waals surface area contributed by atoms with E-state index in [9.17, 15) is 0 Å². The quantitative estimate of drug-likeness (QED) is 0.128. The molecule has 2 aliphatic rings. The van der Waals surface area contributed by atoms with E-state index in [4.69, 9.17) is 9.97 Å². The predicted octanol–water partition coefficient (Wildman–Crippen LogP) is 18.7. The molecule has 0 aliphatic heterocycles. The van der Waals surface area contributed by atoms with Crippen LogP contribution in [0.1, 0.15) is 72.2 Å². The number of hydrogen-bond donors (Lipinski definition) is 0. The number of aromatic nitrogens is 2. The first-order chi connectivity index (χ1) is 36.2. The molecule has 0 radical (unpaired) electrons. The third kappa shape index (κ3) is 7.70. The second-order valence-corrected chi connectivity index (χ2v) is 20.7. The van der Waals surface area contributed by atoms with Gasteiger partial charge in [0, 0.05) is 45.4 Å². The van der Waals surface area contributed by atoms with Crippen molar-refractivity contribution in [1.29, 1.82) is 0 Å². The number of anilines is 6. The SMILES string of the molecule is CC1(C)c2cc(/C=C/c3ccc(/C=C/c4ccc5c(c4)C(C)(C)c4cc(N(c6ccccn6)c6cccc7ccccc67)ccc4-5)cc3)ccc2-c2ccc(N(c3ccccn3)c3cccc4ccccc34)cc21. The van der Waals surface area contributed by atoms with Gasteiger partial charge in [0.15, 0.2) is 0 Å². The molecule has 0 atom stereocenters. The molecular formula is C70H54N4. The lowest BCUT2D eigenvalue weighted by Crippen LogP contribution is -2.17. The molecule has 2 heterocycles. The lowest BCUT2D eigenvalue weighted by Gasteiger charge is -2.28. The summed E-state index contributed by atoms with van der Waals surface area (Å²) in [5, 5.41) is 4.79. The molecule has 0 amide bonds. The number of rotatable bonds is 10. The van der Waals surface area contributed by atoms with Gasteiger partial charge in [0.05, 0.1) is 11.4 Å². The van der Waals surface area contributed by atoms with Gasteiger partial charge in [-0.25, -0.2) is 9.97 Å². The molecule has 0 saturated heterocycles. The minimum atomic E-state index is -0.198. The maximum absolute atomic E-state index is 4.85. The summed E-state index contributed by atoms with van der Waals surface area (Å²) in [5.41, 5.74) is 19.2. The zero-order valence-corrected chi connectivity index (χ0v) is 42.0. The highest BCUT2D eigenvalue weighted by Crippen LogP contribution is 2.53. The van der Waals surface area contributed by atoms with Crippen LogP contribution < -0.4 is 9.80 Å². The Labute approximate surface area is 433 Å². The van der Waals surface area contributed by atoms with Crippen molar-refractivity contribution in [1.82, 2.24) is 9.97 Å². The second kappa shape index (κ2) is 17.9. The monoisotopic (exact) mass is 950 g/mol. The van der Waals surface area contributed by atoms with Crippen molar-refractivity contribution >= 4 is 80.2 Å². The van der Waals surface area contributed by atoms with Crippen LogP contribution in [-0.4, -0.2) is 9.97 Å². The molecule has 0 N–H and O–H groups in total. The van der Waals surface area contributed by atoms with Gasteiger partial charge in [-0.2, -0.15) is 0 Å². The number of pyridine rings is 2. The molecule has 4 nitrogen and oxygen atoms in total. The Morgan fingerprint density at radius 2 is 0.676 bits per heavy atom. The van der Waals surface area contributed by atoms with E-state index in [0.717, 1.165) is 45.5 Å². The first-order valence-electron chi connectivity index (χ1n) is 25.6. The summed E-state index contributed by atoms with van der Waals surface area (Å²) < 4.78 is 0. The highest BCUT2D eigenvalue weighted by atomic mass is 15.2. The molecule has 74 heavy (non-hydrogen) atoms. The van der Waals surface area contributed by atoms with E-state index in [1.54, 1.807) is 0 Å². The van der Waals surface area contributed by atoms with E-state index in [-0.39, 0.29) is 10.8 Å². The Hall–Kier alpha value is -9.12. The highest BCUT2D eigenvalue weighted by Gasteiger charge is 2.38. The molecule has 4 heteroatoms. The van der Waals surface area contributed by atoms with Gasteiger partial charge in [-0.05, 0) is 138 Å². The lowest BCUT2D eigenvalue weighted by molar-refractivity contribution is 0.660. The van der Waals surface area contributed by atoms with E-state index in [2.05, 4.69) is 268 Å². The zero-order chi connectivity index (χ0) is 50.0. The number of benzene rings is 9. The van der Waals surface area contributed by atoms with Crippen LogP contribution in [0.25, 0.3) is 68.1 Å². The molecule has 2 aromatic heterocycles. The topological polar surface area (TPSA) is 32.3 Å². The van der Waals surface area contributed by atoms with Crippen molar-refractivity contribution in [3.8, 4) is 22.3 Å². The fourth-order valence-corrected chi connectivity index (χ4v) is 11.6. The summed E-state index contributed by atoms with van der Waals surface area (Å²) in [6, 6.07) is 79.0. The number of hydrogen-bond acceptors (Lipinski definition) is 4. The molecule has 9 aromatic carbocycles. The fraction of sp³-hybridized carbons (Fsp3) is 0.0857. The average molecular weight is 951 g/mol. The Kier molecular flexibility index (Phi) is 10.8. The summed E-state index contributed by atoms with van der Waals surface area (Å²) in [6.07, 6.45) is 12.7. The molecule has 0 saturated carbocycles. The molecule has 0 fully saturated rings. The normalized spacial score (nSPS) is 13.8. The average Bonchev–Trinajstić information content (AvgIpc) is 3.81. The van der Waals surface area contributed by atoms with Crippen LogP contribution in [0.15, 0.2) is 231 Å². The first kappa shape index (κ1) is 44.8. The Morgan fingerprint density at radius 3 is 1.09 bits per heavy atom. The van der Waals surface area contributed by atoms with E-state index in [0.29, 0.717) is 0 Å². The van der Waals surface area contributed by atoms with E-state index in [1.807, 2.05) is 24.5 Å². The maximum Gasteiger partial charge on any atom is 0.137 e. The zero-order valence-electron chi connectivity index (χ0n) is 42.0. The number of fused-ring (bicyclic) bond motifs is 8. The Balaban J connectivity index is 0.727. The van der Waals surface area contributed by atoms with E-state index in [1.165, 1.54) is 77.2 Å². The van der Waals surface area contributed by atoms with Gasteiger partial charge in [0.2, 0.25) is 0 Å². The molecule has 0 unspecified atom stereocenters. The van der Waals surface area contributed by atoms with Gasteiger partial charge in [0.1, 0.15) is 11.6 Å². The van der Waals surface area contributed by atoms with Crippen LogP contribution in [0.5, 0.6) is 0 Å². The third-order valence-electron chi connectivity index (χ3n) is 15.5. The van der Waals surface area contributed by atoms with Gasteiger partial charge in [0.25, 0.3) is 0 Å². The van der Waals surface area contributed by atoms with Crippen LogP contribution in [0.4, 0.5) is 34.4 Å². The molecule has 11 aromatic rings. The summed E-state index contributed by atoms with van der Waals surface area (Å²) in [5.74, 6) is 1.78. The van der Waals surface area contributed by atoms with Crippen molar-refractivity contribution in [2.75, 3.05) is 9.80 Å². The third-order valence-corrected chi connectivity index (χ3v) is 15.5. The van der Waals surface area contributed by atoms with Gasteiger partial charge >= 0.3 is 0 Å². The van der Waals surface area contributed by atoms with Gasteiger partial charge < -0.3 is 0 Å². The summed E-state index contributed by atoms with van der Waals surface area (Å²) in [4.78, 5) is 14.3. The largest absolute Gasteiger partial charge is 0.294 e. The van der Waals surface area contributed by atoms with Crippen LogP contribution in [0.3, 0.4) is 0 Å². The van der Waals surface area contributed by atoms with Crippen LogP contribution in [0, 0.1) is 0 Å². The van der Waals surface area contributed by atoms with E-state index >= 15 is 0 Å². The minimum absolute atomic E-state index is 0.198. The van der Waals surface area contributed by atoms with Crippen molar-refractivity contribution in [3.05, 3.63) is 275 Å². The molecule has 354 valence electrons. The Bertz CT molecular complexity index is 3740. The smallest absolute Gasteiger partial charge is 0.137 e. The number of nitrogens with zero attached hydrogens (tertiary/aromatic N) is 4. The first-order valence-corrected chi connectivity index (χ1v) is 25.6. The van der Waals surface area contributed by atoms with E-state index < -0.39 is 0 Å². The Morgan fingerprint density at radius 1 is 0.324 bits per heavy atom. The maximum atomic E-state index is 4.85. The van der Waals surface area contributed by atoms with Crippen LogP contribution in [-0.2, 0) is 10.8 Å². The second-order valence-electron chi connectivity index (χ2n) is 20.7. The molecule has 0 spiro atoms. The molecule has 2 aliphatic carbocycles. The summed E-state index contributed by atoms with van der Waals surface area (Å²) in [6.45, 7) is 9.42. The van der Waals surface area contributed by atoms with Crippen molar-refractivity contribution < 1.29 is 0 Å². The summed E-state index contributed by atoms with van der Waals surface area (Å²) in [7, 11) is 0.